The molecule has 1 aromatic rings. The molecule has 1 rings (SSSR count). The van der Waals surface area contributed by atoms with Gasteiger partial charge in [-0.15, -0.1) is 0 Å². The molecule has 0 saturated heterocycles. The predicted octanol–water partition coefficient (Wildman–Crippen LogP) is 2.15. The molecule has 1 aromatic heterocycles. The summed E-state index contributed by atoms with van der Waals surface area (Å²) >= 11 is 0. The maximum absolute atomic E-state index is 12.4. The molecule has 0 bridgehead atoms. The number of aromatic nitrogens is 2. The van der Waals surface area contributed by atoms with Gasteiger partial charge < -0.3 is 15.0 Å². The predicted molar refractivity (Wildman–Crippen MR) is 70.8 cm³/mol. The van der Waals surface area contributed by atoms with Crippen LogP contribution in [0.15, 0.2) is 6.07 Å². The maximum Gasteiger partial charge on any atom is 0.255 e. The fraction of sp³-hybridized carbons (Fsp3) is 0.667. The van der Waals surface area contributed by atoms with Crippen LogP contribution in [0, 0.1) is 0 Å². The topological polar surface area (TPSA) is 50.3 Å². The summed E-state index contributed by atoms with van der Waals surface area (Å²) in [6.07, 6.45) is -2.40. The normalized spacial score (nSPS) is 10.8. The van der Waals surface area contributed by atoms with Crippen molar-refractivity contribution in [1.29, 1.82) is 0 Å². The molecule has 0 aromatic carbocycles. The Morgan fingerprint density at radius 2 is 2.11 bits per heavy atom. The van der Waals surface area contributed by atoms with Crippen LogP contribution in [0.5, 0.6) is 0 Å². The minimum Gasteiger partial charge on any atom is -0.374 e. The Kier molecular flexibility index (Phi) is 6.41. The summed E-state index contributed by atoms with van der Waals surface area (Å²) in [5, 5.41) is 3.05. The minimum atomic E-state index is -2.40. The summed E-state index contributed by atoms with van der Waals surface area (Å²) in [6, 6.07) is 1.65. The second kappa shape index (κ2) is 7.83. The van der Waals surface area contributed by atoms with E-state index < -0.39 is 6.43 Å². The molecule has 0 aliphatic carbocycles. The van der Waals surface area contributed by atoms with Crippen molar-refractivity contribution in [3.63, 3.8) is 0 Å². The van der Waals surface area contributed by atoms with E-state index in [1.807, 2.05) is 13.8 Å². The number of hydrogen-bond donors (Lipinski definition) is 1. The number of hydrogen-bond acceptors (Lipinski definition) is 5. The van der Waals surface area contributed by atoms with Gasteiger partial charge in [0.25, 0.3) is 6.43 Å². The van der Waals surface area contributed by atoms with E-state index in [-0.39, 0.29) is 13.2 Å². The third-order valence-corrected chi connectivity index (χ3v) is 2.36. The number of alkyl halides is 2. The first-order valence-electron chi connectivity index (χ1n) is 6.25. The third-order valence-electron chi connectivity index (χ3n) is 2.36. The lowest BCUT2D eigenvalue weighted by molar-refractivity contribution is 0.128. The average molecular weight is 274 g/mol. The van der Waals surface area contributed by atoms with Gasteiger partial charge in [-0.25, -0.2) is 18.7 Å². The Bertz CT molecular complexity index is 390. The largest absolute Gasteiger partial charge is 0.374 e. The lowest BCUT2D eigenvalue weighted by Gasteiger charge is -2.19. The van der Waals surface area contributed by atoms with Crippen LogP contribution >= 0.6 is 0 Å². The van der Waals surface area contributed by atoms with Gasteiger partial charge >= 0.3 is 0 Å². The molecule has 19 heavy (non-hydrogen) atoms. The van der Waals surface area contributed by atoms with Gasteiger partial charge in [0.2, 0.25) is 0 Å². The van der Waals surface area contributed by atoms with Crippen LogP contribution in [0.4, 0.5) is 20.4 Å². The molecule has 0 fully saturated rings. The summed E-state index contributed by atoms with van der Waals surface area (Å²) in [5.74, 6) is 1.56. The smallest absolute Gasteiger partial charge is 0.255 e. The minimum absolute atomic E-state index is 0.269. The van der Waals surface area contributed by atoms with Gasteiger partial charge in [-0.1, -0.05) is 0 Å². The van der Waals surface area contributed by atoms with Crippen LogP contribution in [-0.4, -0.2) is 43.1 Å². The monoisotopic (exact) mass is 274 g/mol. The molecule has 108 valence electrons. The molecular weight excluding hydrogens is 254 g/mol. The summed E-state index contributed by atoms with van der Waals surface area (Å²) in [4.78, 5) is 9.89. The molecule has 0 saturated carbocycles. The lowest BCUT2D eigenvalue weighted by atomic mass is 10.4. The highest BCUT2D eigenvalue weighted by Crippen LogP contribution is 2.16. The van der Waals surface area contributed by atoms with Crippen LogP contribution in [0.25, 0.3) is 0 Å². The van der Waals surface area contributed by atoms with Gasteiger partial charge in [0, 0.05) is 26.3 Å². The van der Waals surface area contributed by atoms with Crippen molar-refractivity contribution in [2.45, 2.75) is 26.9 Å². The van der Waals surface area contributed by atoms with Gasteiger partial charge in [-0.3, -0.25) is 0 Å². The summed E-state index contributed by atoms with van der Waals surface area (Å²) in [7, 11) is 1.58. The van der Waals surface area contributed by atoms with Crippen LogP contribution in [0.3, 0.4) is 0 Å². The molecule has 0 aliphatic heterocycles. The molecular formula is C12H20F2N4O. The summed E-state index contributed by atoms with van der Waals surface area (Å²) < 4.78 is 30.0. The number of ether oxygens (including phenoxy) is 1. The van der Waals surface area contributed by atoms with E-state index in [0.29, 0.717) is 30.6 Å². The quantitative estimate of drug-likeness (QED) is 0.787. The van der Waals surface area contributed by atoms with E-state index in [4.69, 9.17) is 4.74 Å². The second-order valence-corrected chi connectivity index (χ2v) is 3.97. The van der Waals surface area contributed by atoms with Crippen LogP contribution in [-0.2, 0) is 11.3 Å². The molecule has 0 amide bonds. The van der Waals surface area contributed by atoms with Crippen molar-refractivity contribution in [3.8, 4) is 0 Å². The van der Waals surface area contributed by atoms with E-state index in [0.717, 1.165) is 0 Å². The lowest BCUT2D eigenvalue weighted by Crippen LogP contribution is -2.25. The molecule has 0 spiro atoms. The zero-order valence-electron chi connectivity index (χ0n) is 11.5. The van der Waals surface area contributed by atoms with Crippen molar-refractivity contribution in [1.82, 2.24) is 9.97 Å². The van der Waals surface area contributed by atoms with E-state index >= 15 is 0 Å². The highest BCUT2D eigenvalue weighted by molar-refractivity contribution is 5.49. The van der Waals surface area contributed by atoms with Gasteiger partial charge in [0.1, 0.15) is 18.2 Å². The van der Waals surface area contributed by atoms with Crippen molar-refractivity contribution in [2.75, 3.05) is 37.0 Å². The zero-order valence-corrected chi connectivity index (χ0v) is 11.5. The summed E-state index contributed by atoms with van der Waals surface area (Å²) in [5.41, 5.74) is 0. The number of rotatable bonds is 8. The Balaban J connectivity index is 2.91. The van der Waals surface area contributed by atoms with Crippen molar-refractivity contribution < 1.29 is 13.5 Å². The highest BCUT2D eigenvalue weighted by Gasteiger charge is 2.12. The third kappa shape index (κ3) is 5.34. The maximum atomic E-state index is 12.4. The number of anilines is 2. The molecule has 0 unspecified atom stereocenters. The van der Waals surface area contributed by atoms with Gasteiger partial charge in [-0.05, 0) is 13.8 Å². The molecule has 1 heterocycles. The molecule has 0 radical (unpaired) electrons. The Morgan fingerprint density at radius 3 is 2.68 bits per heavy atom. The van der Waals surface area contributed by atoms with Crippen molar-refractivity contribution in [2.24, 2.45) is 0 Å². The Hall–Kier alpha value is -1.50. The molecule has 0 aliphatic rings. The summed E-state index contributed by atoms with van der Waals surface area (Å²) in [6.45, 7) is 4.97. The Morgan fingerprint density at radius 1 is 1.37 bits per heavy atom. The first-order chi connectivity index (χ1) is 9.06. The number of nitrogens with zero attached hydrogens (tertiary/aromatic N) is 3. The highest BCUT2D eigenvalue weighted by atomic mass is 19.3. The van der Waals surface area contributed by atoms with Gasteiger partial charge in [0.05, 0.1) is 6.54 Å². The van der Waals surface area contributed by atoms with Crippen LogP contribution in [0.1, 0.15) is 19.7 Å². The van der Waals surface area contributed by atoms with Crippen LogP contribution < -0.4 is 10.2 Å². The molecule has 5 nitrogen and oxygen atoms in total. The van der Waals surface area contributed by atoms with Gasteiger partial charge in [-0.2, -0.15) is 0 Å². The van der Waals surface area contributed by atoms with Gasteiger partial charge in [0.15, 0.2) is 5.82 Å². The molecule has 0 atom stereocenters. The van der Waals surface area contributed by atoms with E-state index in [2.05, 4.69) is 15.3 Å². The SMILES string of the molecule is CCNc1cc(N(C)CC(F)F)nc(COCC)n1. The first kappa shape index (κ1) is 15.6. The van der Waals surface area contributed by atoms with E-state index in [1.54, 1.807) is 13.1 Å². The zero-order chi connectivity index (χ0) is 14.3. The number of halogens is 2. The standard InChI is InChI=1S/C12H20F2N4O/c1-4-15-10-6-12(18(3)7-9(13)14)17-11(16-10)8-19-5-2/h6,9H,4-5,7-8H2,1-3H3,(H,15,16,17). The molecule has 1 N–H and O–H groups in total. The molecule has 7 heteroatoms. The van der Waals surface area contributed by atoms with Crippen LogP contribution in [0.2, 0.25) is 0 Å². The second-order valence-electron chi connectivity index (χ2n) is 3.97. The van der Waals surface area contributed by atoms with Crippen molar-refractivity contribution in [3.05, 3.63) is 11.9 Å². The fourth-order valence-corrected chi connectivity index (χ4v) is 1.51. The van der Waals surface area contributed by atoms with Crippen molar-refractivity contribution >= 4 is 11.6 Å². The van der Waals surface area contributed by atoms with E-state index in [9.17, 15) is 8.78 Å². The average Bonchev–Trinajstić information content (AvgIpc) is 2.35. The first-order valence-corrected chi connectivity index (χ1v) is 6.25. The Labute approximate surface area is 112 Å². The number of nitrogens with one attached hydrogen (secondary N) is 1. The van der Waals surface area contributed by atoms with E-state index in [1.165, 1.54) is 4.90 Å². The fourth-order valence-electron chi connectivity index (χ4n) is 1.51.